The fraction of sp³-hybridized carbons (Fsp3) is 0.786. The fourth-order valence-electron chi connectivity index (χ4n) is 2.32. The molecule has 2 atom stereocenters. The molecule has 6 heteroatoms. The maximum Gasteiger partial charge on any atom is 0.326 e. The number of hydrogen-bond donors (Lipinski definition) is 2. The molecule has 1 rings (SSSR count). The van der Waals surface area contributed by atoms with Crippen LogP contribution in [-0.2, 0) is 14.4 Å². The summed E-state index contributed by atoms with van der Waals surface area (Å²) in [5.41, 5.74) is -0.542. The smallest absolute Gasteiger partial charge is 0.326 e. The van der Waals surface area contributed by atoms with Gasteiger partial charge in [0.1, 0.15) is 12.1 Å². The molecule has 0 aromatic carbocycles. The van der Waals surface area contributed by atoms with E-state index in [-0.39, 0.29) is 11.8 Å². The van der Waals surface area contributed by atoms with Gasteiger partial charge in [0.05, 0.1) is 0 Å². The molecule has 2 unspecified atom stereocenters. The van der Waals surface area contributed by atoms with Gasteiger partial charge in [0.2, 0.25) is 11.8 Å². The molecule has 1 aliphatic heterocycles. The lowest BCUT2D eigenvalue weighted by Crippen LogP contribution is -2.52. The van der Waals surface area contributed by atoms with Gasteiger partial charge < -0.3 is 15.3 Å². The zero-order valence-corrected chi connectivity index (χ0v) is 12.6. The van der Waals surface area contributed by atoms with E-state index < -0.39 is 23.5 Å². The number of nitrogens with zero attached hydrogens (tertiary/aromatic N) is 1. The topological polar surface area (TPSA) is 86.7 Å². The monoisotopic (exact) mass is 284 g/mol. The molecule has 0 aromatic heterocycles. The summed E-state index contributed by atoms with van der Waals surface area (Å²) in [6, 6.07) is -1.44. The molecule has 1 fully saturated rings. The average molecular weight is 284 g/mol. The van der Waals surface area contributed by atoms with Crippen LogP contribution in [0.2, 0.25) is 0 Å². The second-order valence-electron chi connectivity index (χ2n) is 6.21. The molecule has 0 aliphatic carbocycles. The van der Waals surface area contributed by atoms with Crippen molar-refractivity contribution in [1.29, 1.82) is 0 Å². The van der Waals surface area contributed by atoms with Crippen LogP contribution in [0.5, 0.6) is 0 Å². The van der Waals surface area contributed by atoms with Crippen LogP contribution in [0.15, 0.2) is 0 Å². The molecule has 0 spiro atoms. The summed E-state index contributed by atoms with van der Waals surface area (Å²) in [6.07, 6.45) is 1.68. The lowest BCUT2D eigenvalue weighted by atomic mass is 9.94. The van der Waals surface area contributed by atoms with Crippen molar-refractivity contribution < 1.29 is 19.5 Å². The first-order valence-corrected chi connectivity index (χ1v) is 7.02. The van der Waals surface area contributed by atoms with Gasteiger partial charge in [0.15, 0.2) is 0 Å². The number of carboxylic acids is 1. The van der Waals surface area contributed by atoms with E-state index in [2.05, 4.69) is 5.32 Å². The van der Waals surface area contributed by atoms with E-state index >= 15 is 0 Å². The second kappa shape index (κ2) is 6.24. The molecule has 0 radical (unpaired) electrons. The normalized spacial score (nSPS) is 20.6. The molecule has 2 amide bonds. The van der Waals surface area contributed by atoms with Gasteiger partial charge in [0, 0.05) is 12.0 Å². The molecule has 1 saturated heterocycles. The van der Waals surface area contributed by atoms with Crippen molar-refractivity contribution in [2.45, 2.75) is 59.0 Å². The summed E-state index contributed by atoms with van der Waals surface area (Å²) in [6.45, 7) is 7.70. The van der Waals surface area contributed by atoms with Gasteiger partial charge in [-0.05, 0) is 19.3 Å². The Bertz CT molecular complexity index is 400. The molecule has 0 saturated carbocycles. The summed E-state index contributed by atoms with van der Waals surface area (Å²) in [5.74, 6) is -1.49. The minimum Gasteiger partial charge on any atom is -0.480 e. The summed E-state index contributed by atoms with van der Waals surface area (Å²) < 4.78 is 0. The Morgan fingerprint density at radius 3 is 2.40 bits per heavy atom. The molecule has 6 nitrogen and oxygen atoms in total. The van der Waals surface area contributed by atoms with Crippen LogP contribution < -0.4 is 5.32 Å². The zero-order valence-electron chi connectivity index (χ0n) is 12.6. The van der Waals surface area contributed by atoms with E-state index in [9.17, 15) is 14.4 Å². The molecule has 0 aromatic rings. The Kier molecular flexibility index (Phi) is 5.14. The Morgan fingerprint density at radius 2 is 1.95 bits per heavy atom. The lowest BCUT2D eigenvalue weighted by molar-refractivity contribution is -0.146. The van der Waals surface area contributed by atoms with E-state index in [0.717, 1.165) is 6.42 Å². The minimum atomic E-state index is -1.05. The predicted octanol–water partition coefficient (Wildman–Crippen LogP) is 1.00. The van der Waals surface area contributed by atoms with Crippen molar-refractivity contribution >= 4 is 17.8 Å². The van der Waals surface area contributed by atoms with Crippen molar-refractivity contribution in [3.63, 3.8) is 0 Å². The summed E-state index contributed by atoms with van der Waals surface area (Å²) in [7, 11) is 0. The van der Waals surface area contributed by atoms with Crippen LogP contribution in [-0.4, -0.2) is 46.4 Å². The summed E-state index contributed by atoms with van der Waals surface area (Å²) in [5, 5.41) is 11.5. The summed E-state index contributed by atoms with van der Waals surface area (Å²) >= 11 is 0. The summed E-state index contributed by atoms with van der Waals surface area (Å²) in [4.78, 5) is 37.0. The van der Waals surface area contributed by atoms with E-state index in [4.69, 9.17) is 5.11 Å². The third-order valence-electron chi connectivity index (χ3n) is 3.48. The predicted molar refractivity (Wildman–Crippen MR) is 74.0 cm³/mol. The minimum absolute atomic E-state index is 0.0708. The Labute approximate surface area is 119 Å². The lowest BCUT2D eigenvalue weighted by Gasteiger charge is -2.30. The average Bonchev–Trinajstić information content (AvgIpc) is 2.81. The highest BCUT2D eigenvalue weighted by Gasteiger charge is 2.39. The molecule has 1 aliphatic rings. The molecule has 114 valence electrons. The van der Waals surface area contributed by atoms with Crippen molar-refractivity contribution in [3.05, 3.63) is 0 Å². The van der Waals surface area contributed by atoms with Gasteiger partial charge in [-0.1, -0.05) is 27.7 Å². The quantitative estimate of drug-likeness (QED) is 0.806. The van der Waals surface area contributed by atoms with Gasteiger partial charge in [-0.15, -0.1) is 0 Å². The number of carbonyl (C=O) groups is 3. The van der Waals surface area contributed by atoms with Crippen LogP contribution >= 0.6 is 0 Å². The largest absolute Gasteiger partial charge is 0.480 e. The van der Waals surface area contributed by atoms with Crippen LogP contribution in [0, 0.1) is 5.41 Å². The van der Waals surface area contributed by atoms with Gasteiger partial charge >= 0.3 is 5.97 Å². The number of rotatable bonds is 4. The van der Waals surface area contributed by atoms with Crippen molar-refractivity contribution in [3.8, 4) is 0 Å². The van der Waals surface area contributed by atoms with E-state index in [1.165, 1.54) is 0 Å². The standard InChI is InChI=1S/C14H24N2O4/c1-5-9(12(18)19)15-11(17)10-7-6-8-16(10)13(20)14(2,3)4/h9-10H,5-8H2,1-4H3,(H,15,17)(H,18,19). The Morgan fingerprint density at radius 1 is 1.35 bits per heavy atom. The number of likely N-dealkylation sites (tertiary alicyclic amines) is 1. The zero-order chi connectivity index (χ0) is 15.5. The Balaban J connectivity index is 2.77. The van der Waals surface area contributed by atoms with Crippen LogP contribution in [0.3, 0.4) is 0 Å². The van der Waals surface area contributed by atoms with Gasteiger partial charge in [-0.2, -0.15) is 0 Å². The highest BCUT2D eigenvalue weighted by molar-refractivity contribution is 5.92. The first-order valence-electron chi connectivity index (χ1n) is 7.02. The molecule has 0 bridgehead atoms. The third-order valence-corrected chi connectivity index (χ3v) is 3.48. The highest BCUT2D eigenvalue weighted by atomic mass is 16.4. The Hall–Kier alpha value is -1.59. The number of amides is 2. The van der Waals surface area contributed by atoms with Gasteiger partial charge in [0.25, 0.3) is 0 Å². The van der Waals surface area contributed by atoms with Crippen LogP contribution in [0.25, 0.3) is 0 Å². The SMILES string of the molecule is CCC(NC(=O)C1CCCN1C(=O)C(C)(C)C)C(=O)O. The van der Waals surface area contributed by atoms with Gasteiger partial charge in [-0.25, -0.2) is 4.79 Å². The fourth-order valence-corrected chi connectivity index (χ4v) is 2.32. The molecule has 20 heavy (non-hydrogen) atoms. The van der Waals surface area contributed by atoms with Crippen molar-refractivity contribution in [2.24, 2.45) is 5.41 Å². The number of hydrogen-bond acceptors (Lipinski definition) is 3. The third kappa shape index (κ3) is 3.71. The van der Waals surface area contributed by atoms with Crippen LogP contribution in [0.4, 0.5) is 0 Å². The first-order chi connectivity index (χ1) is 9.18. The van der Waals surface area contributed by atoms with Crippen molar-refractivity contribution in [1.82, 2.24) is 10.2 Å². The number of nitrogens with one attached hydrogen (secondary N) is 1. The second-order valence-corrected chi connectivity index (χ2v) is 6.21. The van der Waals surface area contributed by atoms with E-state index in [0.29, 0.717) is 19.4 Å². The molecule has 1 heterocycles. The molecule has 2 N–H and O–H groups in total. The van der Waals surface area contributed by atoms with Gasteiger partial charge in [-0.3, -0.25) is 9.59 Å². The molecular formula is C14H24N2O4. The van der Waals surface area contributed by atoms with Crippen LogP contribution in [0.1, 0.15) is 47.0 Å². The number of aliphatic carboxylic acids is 1. The van der Waals surface area contributed by atoms with Crippen molar-refractivity contribution in [2.75, 3.05) is 6.54 Å². The van der Waals surface area contributed by atoms with E-state index in [1.807, 2.05) is 20.8 Å². The van der Waals surface area contributed by atoms with E-state index in [1.54, 1.807) is 11.8 Å². The maximum atomic E-state index is 12.3. The first kappa shape index (κ1) is 16.5. The molecular weight excluding hydrogens is 260 g/mol. The maximum absolute atomic E-state index is 12.3. The highest BCUT2D eigenvalue weighted by Crippen LogP contribution is 2.25. The number of carboxylic acid groups (broad SMARTS) is 1. The number of carbonyl (C=O) groups excluding carboxylic acids is 2.